The second-order valence-corrected chi connectivity index (χ2v) is 5.33. The summed E-state index contributed by atoms with van der Waals surface area (Å²) in [5, 5.41) is 2.37. The zero-order valence-corrected chi connectivity index (χ0v) is 13.3. The molecule has 1 aromatic rings. The summed E-state index contributed by atoms with van der Waals surface area (Å²) < 4.78 is 33.6. The smallest absolute Gasteiger partial charge is 0.246 e. The van der Waals surface area contributed by atoms with Crippen molar-refractivity contribution >= 4 is 23.2 Å². The van der Waals surface area contributed by atoms with E-state index in [2.05, 4.69) is 11.9 Å². The fraction of sp³-hybridized carbons (Fsp3) is 0.375. The summed E-state index contributed by atoms with van der Waals surface area (Å²) >= 11 is 0. The maximum atomic E-state index is 14.2. The van der Waals surface area contributed by atoms with Crippen molar-refractivity contribution in [3.05, 3.63) is 36.4 Å². The van der Waals surface area contributed by atoms with Crippen LogP contribution in [0.3, 0.4) is 0 Å². The molecule has 0 aliphatic carbocycles. The van der Waals surface area contributed by atoms with Crippen molar-refractivity contribution in [1.82, 2.24) is 4.90 Å². The van der Waals surface area contributed by atoms with Gasteiger partial charge in [-0.1, -0.05) is 6.58 Å². The zero-order valence-electron chi connectivity index (χ0n) is 13.3. The molecule has 1 saturated heterocycles. The van der Waals surface area contributed by atoms with E-state index in [1.54, 1.807) is 4.90 Å². The van der Waals surface area contributed by atoms with Crippen molar-refractivity contribution in [3.8, 4) is 0 Å². The van der Waals surface area contributed by atoms with Gasteiger partial charge in [0.25, 0.3) is 0 Å². The summed E-state index contributed by atoms with van der Waals surface area (Å²) in [5.74, 6) is -2.51. The normalized spacial score (nSPS) is 14.2. The Bertz CT molecular complexity index is 622. The van der Waals surface area contributed by atoms with Gasteiger partial charge in [-0.3, -0.25) is 9.59 Å². The predicted octanol–water partition coefficient (Wildman–Crippen LogP) is 1.38. The second-order valence-electron chi connectivity index (χ2n) is 5.33. The van der Waals surface area contributed by atoms with Crippen LogP contribution in [0.2, 0.25) is 0 Å². The minimum absolute atomic E-state index is 0.00791. The molecular weight excluding hydrogens is 320 g/mol. The van der Waals surface area contributed by atoms with E-state index in [-0.39, 0.29) is 17.9 Å². The Morgan fingerprint density at radius 3 is 2.46 bits per heavy atom. The number of morpholine rings is 1. The van der Waals surface area contributed by atoms with Crippen molar-refractivity contribution in [2.24, 2.45) is 0 Å². The lowest BCUT2D eigenvalue weighted by Gasteiger charge is -2.29. The van der Waals surface area contributed by atoms with E-state index in [1.165, 1.54) is 7.05 Å². The van der Waals surface area contributed by atoms with Crippen molar-refractivity contribution in [1.29, 1.82) is 0 Å². The Hall–Kier alpha value is -2.48. The first-order valence-corrected chi connectivity index (χ1v) is 7.41. The van der Waals surface area contributed by atoms with Gasteiger partial charge in [-0.15, -0.1) is 0 Å². The number of rotatable bonds is 5. The lowest BCUT2D eigenvalue weighted by Crippen LogP contribution is -2.37. The number of nitrogens with zero attached hydrogens (tertiary/aromatic N) is 2. The van der Waals surface area contributed by atoms with Crippen LogP contribution in [-0.2, 0) is 14.3 Å². The zero-order chi connectivity index (χ0) is 17.7. The molecule has 1 heterocycles. The highest BCUT2D eigenvalue weighted by molar-refractivity contribution is 5.96. The summed E-state index contributed by atoms with van der Waals surface area (Å²) in [6, 6.07) is 2.11. The van der Waals surface area contributed by atoms with Crippen LogP contribution in [0, 0.1) is 11.6 Å². The van der Waals surface area contributed by atoms with E-state index in [9.17, 15) is 18.4 Å². The van der Waals surface area contributed by atoms with Gasteiger partial charge in [-0.2, -0.15) is 0 Å². The van der Waals surface area contributed by atoms with Crippen LogP contribution in [0.25, 0.3) is 0 Å². The topological polar surface area (TPSA) is 61.9 Å². The molecule has 0 unspecified atom stereocenters. The quantitative estimate of drug-likeness (QED) is 0.824. The summed E-state index contributed by atoms with van der Waals surface area (Å²) in [6.07, 6.45) is 1.07. The number of anilines is 2. The fourth-order valence-electron chi connectivity index (χ4n) is 2.38. The lowest BCUT2D eigenvalue weighted by atomic mass is 10.2. The molecular formula is C16H19F2N3O3. The molecule has 1 aliphatic rings. The average Bonchev–Trinajstić information content (AvgIpc) is 2.54. The fourth-order valence-corrected chi connectivity index (χ4v) is 2.38. The minimum atomic E-state index is -0.761. The molecule has 6 nitrogen and oxygen atoms in total. The highest BCUT2D eigenvalue weighted by atomic mass is 19.1. The van der Waals surface area contributed by atoms with Crippen LogP contribution in [0.5, 0.6) is 0 Å². The highest BCUT2D eigenvalue weighted by Crippen LogP contribution is 2.27. The Morgan fingerprint density at radius 2 is 1.92 bits per heavy atom. The van der Waals surface area contributed by atoms with Gasteiger partial charge >= 0.3 is 0 Å². The van der Waals surface area contributed by atoms with Crippen molar-refractivity contribution in [3.63, 3.8) is 0 Å². The van der Waals surface area contributed by atoms with Crippen LogP contribution < -0.4 is 10.2 Å². The molecule has 0 spiro atoms. The van der Waals surface area contributed by atoms with E-state index in [4.69, 9.17) is 4.74 Å². The molecule has 1 aliphatic heterocycles. The molecule has 130 valence electrons. The van der Waals surface area contributed by atoms with E-state index < -0.39 is 23.4 Å². The van der Waals surface area contributed by atoms with Crippen LogP contribution >= 0.6 is 0 Å². The number of hydrogen-bond acceptors (Lipinski definition) is 4. The van der Waals surface area contributed by atoms with Crippen LogP contribution in [-0.4, -0.2) is 56.6 Å². The third-order valence-electron chi connectivity index (χ3n) is 3.56. The first-order valence-electron chi connectivity index (χ1n) is 7.41. The number of amides is 2. The van der Waals surface area contributed by atoms with Gasteiger partial charge in [0.15, 0.2) is 11.6 Å². The number of hydrogen-bond donors (Lipinski definition) is 1. The Kier molecular flexibility index (Phi) is 5.86. The number of benzene rings is 1. The molecule has 0 bridgehead atoms. The molecule has 1 fully saturated rings. The highest BCUT2D eigenvalue weighted by Gasteiger charge is 2.21. The van der Waals surface area contributed by atoms with Gasteiger partial charge in [0.05, 0.1) is 19.8 Å². The van der Waals surface area contributed by atoms with Crippen LogP contribution in [0.1, 0.15) is 0 Å². The Morgan fingerprint density at radius 1 is 1.33 bits per heavy atom. The van der Waals surface area contributed by atoms with E-state index in [0.29, 0.717) is 26.3 Å². The third kappa shape index (κ3) is 4.29. The van der Waals surface area contributed by atoms with Gasteiger partial charge in [0, 0.05) is 25.8 Å². The SMILES string of the molecule is C=CC(=O)N(C)CC(=O)Nc1cc(F)c(N2CCOCC2)c(F)c1. The van der Waals surface area contributed by atoms with E-state index >= 15 is 0 Å². The third-order valence-corrected chi connectivity index (χ3v) is 3.56. The number of carbonyl (C=O) groups is 2. The molecule has 1 aromatic carbocycles. The van der Waals surface area contributed by atoms with Crippen molar-refractivity contribution in [2.75, 3.05) is 50.1 Å². The number of ether oxygens (including phenoxy) is 1. The van der Waals surface area contributed by atoms with Crippen molar-refractivity contribution in [2.45, 2.75) is 0 Å². The molecule has 0 aromatic heterocycles. The van der Waals surface area contributed by atoms with E-state index in [1.807, 2.05) is 0 Å². The number of carbonyl (C=O) groups excluding carboxylic acids is 2. The largest absolute Gasteiger partial charge is 0.378 e. The van der Waals surface area contributed by atoms with Gasteiger partial charge < -0.3 is 19.9 Å². The summed E-state index contributed by atoms with van der Waals surface area (Å²) in [5.41, 5.74) is -0.137. The first kappa shape index (κ1) is 17.9. The van der Waals surface area contributed by atoms with Gasteiger partial charge in [0.2, 0.25) is 11.8 Å². The molecule has 0 radical (unpaired) electrons. The molecule has 0 atom stereocenters. The maximum Gasteiger partial charge on any atom is 0.246 e. The molecule has 8 heteroatoms. The predicted molar refractivity (Wildman–Crippen MR) is 85.9 cm³/mol. The summed E-state index contributed by atoms with van der Waals surface area (Å²) in [7, 11) is 1.42. The van der Waals surface area contributed by atoms with E-state index in [0.717, 1.165) is 23.1 Å². The number of nitrogens with one attached hydrogen (secondary N) is 1. The van der Waals surface area contributed by atoms with Crippen molar-refractivity contribution < 1.29 is 23.1 Å². The molecule has 2 amide bonds. The van der Waals surface area contributed by atoms with Crippen LogP contribution in [0.15, 0.2) is 24.8 Å². The van der Waals surface area contributed by atoms with Gasteiger partial charge in [0.1, 0.15) is 5.69 Å². The van der Waals surface area contributed by atoms with Gasteiger partial charge in [-0.25, -0.2) is 8.78 Å². The average molecular weight is 339 g/mol. The Labute approximate surface area is 138 Å². The first-order chi connectivity index (χ1) is 11.4. The Balaban J connectivity index is 2.08. The molecule has 0 saturated carbocycles. The summed E-state index contributed by atoms with van der Waals surface area (Å²) in [4.78, 5) is 25.9. The number of halogens is 2. The standard InChI is InChI=1S/C16H19F2N3O3/c1-3-15(23)20(2)10-14(22)19-11-8-12(17)16(13(18)9-11)21-4-6-24-7-5-21/h3,8-9H,1,4-7,10H2,2H3,(H,19,22). The number of likely N-dealkylation sites (N-methyl/N-ethyl adjacent to an activating group) is 1. The maximum absolute atomic E-state index is 14.2. The lowest BCUT2D eigenvalue weighted by molar-refractivity contribution is -0.129. The molecule has 2 rings (SSSR count). The monoisotopic (exact) mass is 339 g/mol. The molecule has 24 heavy (non-hydrogen) atoms. The molecule has 1 N–H and O–H groups in total. The second kappa shape index (κ2) is 7.87. The van der Waals surface area contributed by atoms with Crippen LogP contribution in [0.4, 0.5) is 20.2 Å². The summed E-state index contributed by atoms with van der Waals surface area (Å²) in [6.45, 7) is 4.67. The minimum Gasteiger partial charge on any atom is -0.378 e. The van der Waals surface area contributed by atoms with Gasteiger partial charge in [-0.05, 0) is 18.2 Å².